The molecule has 1 N–H and O–H groups in total. The summed E-state index contributed by atoms with van der Waals surface area (Å²) in [7, 11) is 0. The summed E-state index contributed by atoms with van der Waals surface area (Å²) < 4.78 is 5.19. The van der Waals surface area contributed by atoms with Crippen molar-refractivity contribution in [2.45, 2.75) is 39.2 Å². The van der Waals surface area contributed by atoms with E-state index in [4.69, 9.17) is 4.74 Å². The highest BCUT2D eigenvalue weighted by Crippen LogP contribution is 2.35. The first-order valence-corrected chi connectivity index (χ1v) is 9.89. The van der Waals surface area contributed by atoms with Crippen molar-refractivity contribution in [3.8, 4) is 0 Å². The van der Waals surface area contributed by atoms with Crippen molar-refractivity contribution in [1.82, 2.24) is 4.90 Å². The van der Waals surface area contributed by atoms with Crippen LogP contribution in [0.1, 0.15) is 43.5 Å². The van der Waals surface area contributed by atoms with Crippen LogP contribution < -0.4 is 5.32 Å². The van der Waals surface area contributed by atoms with Crippen molar-refractivity contribution >= 4 is 35.2 Å². The number of imide groups is 1. The summed E-state index contributed by atoms with van der Waals surface area (Å²) in [6.07, 6.45) is 3.72. The summed E-state index contributed by atoms with van der Waals surface area (Å²) in [4.78, 5) is 61.6. The Morgan fingerprint density at radius 1 is 1.07 bits per heavy atom. The fourth-order valence-electron chi connectivity index (χ4n) is 3.76. The number of carbonyl (C=O) groups is 5. The van der Waals surface area contributed by atoms with Gasteiger partial charge in [-0.1, -0.05) is 12.2 Å². The fourth-order valence-corrected chi connectivity index (χ4v) is 3.76. The molecule has 1 fully saturated rings. The van der Waals surface area contributed by atoms with Crippen molar-refractivity contribution in [3.05, 3.63) is 42.0 Å². The lowest BCUT2D eigenvalue weighted by molar-refractivity contribution is -0.148. The molecule has 158 valence electrons. The van der Waals surface area contributed by atoms with E-state index in [1.807, 2.05) is 12.2 Å². The van der Waals surface area contributed by atoms with Crippen molar-refractivity contribution in [1.29, 1.82) is 0 Å². The quantitative estimate of drug-likeness (QED) is 0.318. The summed E-state index contributed by atoms with van der Waals surface area (Å²) in [5.41, 5.74) is 0.894. The minimum absolute atomic E-state index is 0.0458. The van der Waals surface area contributed by atoms with Crippen LogP contribution >= 0.6 is 0 Å². The molecule has 0 aromatic heterocycles. The molecule has 3 atom stereocenters. The minimum Gasteiger partial charge on any atom is -0.454 e. The van der Waals surface area contributed by atoms with Crippen LogP contribution in [0.25, 0.3) is 0 Å². The van der Waals surface area contributed by atoms with Gasteiger partial charge in [0.25, 0.3) is 0 Å². The van der Waals surface area contributed by atoms with Crippen LogP contribution in [0, 0.1) is 11.8 Å². The summed E-state index contributed by atoms with van der Waals surface area (Å²) in [5.74, 6) is -2.42. The van der Waals surface area contributed by atoms with Crippen LogP contribution in [-0.2, 0) is 23.9 Å². The van der Waals surface area contributed by atoms with Crippen LogP contribution in [0.4, 0.5) is 5.69 Å². The first-order valence-electron chi connectivity index (χ1n) is 9.89. The van der Waals surface area contributed by atoms with E-state index in [0.29, 0.717) is 24.1 Å². The number of Topliss-reactive ketones (excluding diaryl/α,β-unsaturated/α-hetero) is 1. The number of rotatable bonds is 7. The van der Waals surface area contributed by atoms with E-state index in [9.17, 15) is 24.0 Å². The Balaban J connectivity index is 1.51. The first kappa shape index (κ1) is 21.4. The molecule has 1 aromatic carbocycles. The van der Waals surface area contributed by atoms with Crippen LogP contribution in [0.3, 0.4) is 0 Å². The summed E-state index contributed by atoms with van der Waals surface area (Å²) >= 11 is 0. The number of nitrogens with one attached hydrogen (secondary N) is 1. The van der Waals surface area contributed by atoms with E-state index >= 15 is 0 Å². The van der Waals surface area contributed by atoms with Gasteiger partial charge < -0.3 is 10.1 Å². The molecule has 1 aliphatic heterocycles. The molecule has 3 amide bonds. The van der Waals surface area contributed by atoms with E-state index in [0.717, 1.165) is 4.90 Å². The van der Waals surface area contributed by atoms with Crippen molar-refractivity contribution < 1.29 is 28.7 Å². The SMILES string of the molecule is CC(=O)Nc1ccc(C(=O)[C@@H](C)OC(=O)CCN2C(=O)[C@H]3CC=CC[C@H]3C2=O)cc1. The predicted molar refractivity (Wildman–Crippen MR) is 107 cm³/mol. The van der Waals surface area contributed by atoms with Gasteiger partial charge in [-0.25, -0.2) is 0 Å². The normalized spacial score (nSPS) is 21.2. The molecule has 0 saturated carbocycles. The molecule has 1 aromatic rings. The molecule has 8 heteroatoms. The zero-order valence-electron chi connectivity index (χ0n) is 16.9. The zero-order chi connectivity index (χ0) is 21.8. The van der Waals surface area contributed by atoms with Gasteiger partial charge >= 0.3 is 5.97 Å². The fraction of sp³-hybridized carbons (Fsp3) is 0.409. The Bertz CT molecular complexity index is 879. The number of benzene rings is 1. The second kappa shape index (κ2) is 9.02. The highest BCUT2D eigenvalue weighted by molar-refractivity contribution is 6.05. The highest BCUT2D eigenvalue weighted by atomic mass is 16.5. The number of fused-ring (bicyclic) bond motifs is 1. The van der Waals surface area contributed by atoms with E-state index in [-0.39, 0.29) is 48.3 Å². The largest absolute Gasteiger partial charge is 0.454 e. The van der Waals surface area contributed by atoms with Crippen LogP contribution in [0.15, 0.2) is 36.4 Å². The Kier molecular flexibility index (Phi) is 6.44. The number of carbonyl (C=O) groups excluding carboxylic acids is 5. The number of hydrogen-bond donors (Lipinski definition) is 1. The lowest BCUT2D eigenvalue weighted by Crippen LogP contribution is -2.34. The van der Waals surface area contributed by atoms with Gasteiger partial charge in [0.2, 0.25) is 23.5 Å². The summed E-state index contributed by atoms with van der Waals surface area (Å²) in [6, 6.07) is 6.24. The smallest absolute Gasteiger partial charge is 0.308 e. The number of allylic oxidation sites excluding steroid dienone is 2. The molecule has 1 heterocycles. The molecule has 0 radical (unpaired) electrons. The van der Waals surface area contributed by atoms with Gasteiger partial charge in [-0.3, -0.25) is 28.9 Å². The third kappa shape index (κ3) is 4.64. The number of nitrogens with zero attached hydrogens (tertiary/aromatic N) is 1. The highest BCUT2D eigenvalue weighted by Gasteiger charge is 2.47. The van der Waals surface area contributed by atoms with Gasteiger partial charge in [0, 0.05) is 24.7 Å². The summed E-state index contributed by atoms with van der Waals surface area (Å²) in [6.45, 7) is 2.80. The zero-order valence-corrected chi connectivity index (χ0v) is 16.9. The number of esters is 1. The van der Waals surface area contributed by atoms with Crippen LogP contribution in [0.2, 0.25) is 0 Å². The standard InChI is InChI=1S/C22H24N2O6/c1-13(20(27)15-7-9-16(10-8-15)23-14(2)25)30-19(26)11-12-24-21(28)17-5-3-4-6-18(17)22(24)29/h3-4,7-10,13,17-18H,5-6,11-12H2,1-2H3,(H,23,25)/t13-,17-,18+/m1/s1. The topological polar surface area (TPSA) is 110 Å². The molecule has 1 saturated heterocycles. The van der Waals surface area contributed by atoms with Crippen molar-refractivity contribution in [2.75, 3.05) is 11.9 Å². The van der Waals surface area contributed by atoms with E-state index in [2.05, 4.69) is 5.32 Å². The monoisotopic (exact) mass is 412 g/mol. The van der Waals surface area contributed by atoms with E-state index in [1.54, 1.807) is 12.1 Å². The molecule has 0 bridgehead atoms. The third-order valence-corrected chi connectivity index (χ3v) is 5.31. The lowest BCUT2D eigenvalue weighted by atomic mass is 9.85. The predicted octanol–water partition coefficient (Wildman–Crippen LogP) is 2.10. The molecule has 1 aliphatic carbocycles. The maximum atomic E-state index is 12.5. The number of likely N-dealkylation sites (tertiary alicyclic amines) is 1. The minimum atomic E-state index is -1.01. The molecular weight excluding hydrogens is 388 g/mol. The Morgan fingerprint density at radius 3 is 2.17 bits per heavy atom. The average molecular weight is 412 g/mol. The van der Waals surface area contributed by atoms with Gasteiger partial charge in [-0.15, -0.1) is 0 Å². The Morgan fingerprint density at radius 2 is 1.63 bits per heavy atom. The third-order valence-electron chi connectivity index (χ3n) is 5.31. The average Bonchev–Trinajstić information content (AvgIpc) is 2.96. The number of amides is 3. The van der Waals surface area contributed by atoms with Gasteiger partial charge in [0.1, 0.15) is 0 Å². The van der Waals surface area contributed by atoms with Crippen LogP contribution in [0.5, 0.6) is 0 Å². The van der Waals surface area contributed by atoms with Crippen molar-refractivity contribution in [2.24, 2.45) is 11.8 Å². The maximum Gasteiger partial charge on any atom is 0.308 e. The maximum absolute atomic E-state index is 12.5. The molecule has 2 aliphatic rings. The van der Waals surface area contributed by atoms with E-state index < -0.39 is 12.1 Å². The molecule has 8 nitrogen and oxygen atoms in total. The molecular formula is C22H24N2O6. The second-order valence-electron chi connectivity index (χ2n) is 7.49. The molecule has 0 spiro atoms. The first-order chi connectivity index (χ1) is 14.3. The van der Waals surface area contributed by atoms with E-state index in [1.165, 1.54) is 26.0 Å². The summed E-state index contributed by atoms with van der Waals surface area (Å²) in [5, 5.41) is 2.60. The second-order valence-corrected chi connectivity index (χ2v) is 7.49. The van der Waals surface area contributed by atoms with Gasteiger partial charge in [0.15, 0.2) is 6.10 Å². The van der Waals surface area contributed by atoms with Gasteiger partial charge in [-0.05, 0) is 44.0 Å². The molecule has 30 heavy (non-hydrogen) atoms. The molecule has 3 rings (SSSR count). The van der Waals surface area contributed by atoms with Crippen molar-refractivity contribution in [3.63, 3.8) is 0 Å². The van der Waals surface area contributed by atoms with Crippen LogP contribution in [-0.4, -0.2) is 47.0 Å². The number of hydrogen-bond acceptors (Lipinski definition) is 6. The van der Waals surface area contributed by atoms with Gasteiger partial charge in [-0.2, -0.15) is 0 Å². The molecule has 0 unspecified atom stereocenters. The number of ketones is 1. The number of anilines is 1. The lowest BCUT2D eigenvalue weighted by Gasteiger charge is -2.16. The Labute approximate surface area is 174 Å². The Hall–Kier alpha value is -3.29. The number of ether oxygens (including phenoxy) is 1. The van der Waals surface area contributed by atoms with Gasteiger partial charge in [0.05, 0.1) is 18.3 Å².